The van der Waals surface area contributed by atoms with Gasteiger partial charge >= 0.3 is 0 Å². The lowest BCUT2D eigenvalue weighted by molar-refractivity contribution is -0.383. The number of nitrogens with zero attached hydrogens (tertiary/aromatic N) is 4. The van der Waals surface area contributed by atoms with E-state index < -0.39 is 10.8 Å². The van der Waals surface area contributed by atoms with Gasteiger partial charge in [-0.1, -0.05) is 12.1 Å². The highest BCUT2D eigenvalue weighted by molar-refractivity contribution is 6.07. The van der Waals surface area contributed by atoms with Gasteiger partial charge in [0, 0.05) is 45.0 Å². The van der Waals surface area contributed by atoms with Crippen LogP contribution in [0.1, 0.15) is 0 Å². The third-order valence-corrected chi connectivity index (χ3v) is 3.85. The third-order valence-electron chi connectivity index (χ3n) is 3.85. The Labute approximate surface area is 144 Å². The van der Waals surface area contributed by atoms with Crippen LogP contribution in [0.5, 0.6) is 0 Å². The number of β-amino-alcohol motifs (C(OH)–C–C–N with tert-alkyl or cyclic N) is 1. The number of rotatable bonds is 6. The lowest BCUT2D eigenvalue weighted by atomic mass is 10.2. The van der Waals surface area contributed by atoms with Gasteiger partial charge in [-0.05, 0) is 6.07 Å². The molecular weight excluding hydrogens is 326 g/mol. The van der Waals surface area contributed by atoms with E-state index in [9.17, 15) is 20.2 Å². The topological polar surface area (TPSA) is 123 Å². The largest absolute Gasteiger partial charge is 0.395 e. The molecule has 0 aliphatic carbocycles. The van der Waals surface area contributed by atoms with Crippen LogP contribution in [0.25, 0.3) is 0 Å². The van der Waals surface area contributed by atoms with E-state index in [1.54, 1.807) is 6.07 Å². The fraction of sp³-hybridized carbons (Fsp3) is 0.375. The summed E-state index contributed by atoms with van der Waals surface area (Å²) in [6, 6.07) is 7.61. The summed E-state index contributed by atoms with van der Waals surface area (Å²) in [5.41, 5.74) is -0.300. The highest BCUT2D eigenvalue weighted by atomic mass is 16.6. The molecule has 0 radical (unpaired) electrons. The molecule has 25 heavy (non-hydrogen) atoms. The number of amides is 1. The van der Waals surface area contributed by atoms with Crippen molar-refractivity contribution < 1.29 is 14.8 Å². The molecule has 1 aromatic carbocycles. The quantitative estimate of drug-likeness (QED) is 0.334. The Morgan fingerprint density at radius 3 is 2.64 bits per heavy atom. The molecule has 0 spiro atoms. The Bertz CT molecular complexity index is 705. The van der Waals surface area contributed by atoms with Crippen LogP contribution in [0.4, 0.5) is 11.4 Å². The Morgan fingerprint density at radius 2 is 2.04 bits per heavy atom. The standard InChI is InChI=1S/C16H19N5O4/c17-11-13(12-20-7-5-19(6-8-20)9-10-22)16(23)18-14-3-1-2-4-15(14)21(24)25/h1-4,12,22H,5-10H2,(H,18,23)/b13-12-. The van der Waals surface area contributed by atoms with Crippen molar-refractivity contribution in [2.24, 2.45) is 0 Å². The normalized spacial score (nSPS) is 15.5. The number of aliphatic hydroxyl groups is 1. The predicted octanol–water partition coefficient (Wildman–Crippen LogP) is 0.551. The average Bonchev–Trinajstić information content (AvgIpc) is 2.61. The van der Waals surface area contributed by atoms with Crippen molar-refractivity contribution in [3.63, 3.8) is 0 Å². The minimum Gasteiger partial charge on any atom is -0.395 e. The summed E-state index contributed by atoms with van der Waals surface area (Å²) in [5, 5.41) is 31.6. The van der Waals surface area contributed by atoms with Gasteiger partial charge in [0.25, 0.3) is 11.6 Å². The number of anilines is 1. The second kappa shape index (κ2) is 8.77. The van der Waals surface area contributed by atoms with Crippen LogP contribution >= 0.6 is 0 Å². The first kappa shape index (κ1) is 18.4. The van der Waals surface area contributed by atoms with Gasteiger partial charge in [0.05, 0.1) is 11.5 Å². The number of nitro groups is 1. The van der Waals surface area contributed by atoms with Gasteiger partial charge in [-0.25, -0.2) is 0 Å². The number of aliphatic hydroxyl groups excluding tert-OH is 1. The van der Waals surface area contributed by atoms with E-state index in [0.717, 1.165) is 13.1 Å². The van der Waals surface area contributed by atoms with Crippen molar-refractivity contribution in [1.82, 2.24) is 9.80 Å². The minimum atomic E-state index is -0.686. The molecule has 1 aliphatic heterocycles. The smallest absolute Gasteiger partial charge is 0.292 e. The molecule has 1 amide bonds. The van der Waals surface area contributed by atoms with E-state index in [1.807, 2.05) is 11.0 Å². The number of piperazine rings is 1. The molecule has 132 valence electrons. The van der Waals surface area contributed by atoms with E-state index >= 15 is 0 Å². The molecule has 1 saturated heterocycles. The Morgan fingerprint density at radius 1 is 1.36 bits per heavy atom. The zero-order chi connectivity index (χ0) is 18.2. The number of carbonyl (C=O) groups excluding carboxylic acids is 1. The summed E-state index contributed by atoms with van der Waals surface area (Å²) in [6.07, 6.45) is 1.47. The molecule has 2 N–H and O–H groups in total. The van der Waals surface area contributed by atoms with E-state index in [1.165, 1.54) is 24.4 Å². The van der Waals surface area contributed by atoms with Crippen molar-refractivity contribution in [3.05, 3.63) is 46.2 Å². The fourth-order valence-corrected chi connectivity index (χ4v) is 2.51. The van der Waals surface area contributed by atoms with Crippen LogP contribution in [0.2, 0.25) is 0 Å². The van der Waals surface area contributed by atoms with E-state index in [-0.39, 0.29) is 23.6 Å². The van der Waals surface area contributed by atoms with Crippen LogP contribution in [0, 0.1) is 21.4 Å². The average molecular weight is 345 g/mol. The minimum absolute atomic E-state index is 0.0476. The molecule has 0 atom stereocenters. The van der Waals surface area contributed by atoms with Gasteiger partial charge < -0.3 is 15.3 Å². The Kier molecular flexibility index (Phi) is 6.45. The number of carbonyl (C=O) groups is 1. The van der Waals surface area contributed by atoms with Gasteiger partial charge in [0.15, 0.2) is 0 Å². The predicted molar refractivity (Wildman–Crippen MR) is 90.5 cm³/mol. The van der Waals surface area contributed by atoms with Crippen LogP contribution in [-0.4, -0.2) is 65.1 Å². The number of nitrogens with one attached hydrogen (secondary N) is 1. The van der Waals surface area contributed by atoms with E-state index in [0.29, 0.717) is 19.6 Å². The van der Waals surface area contributed by atoms with Crippen molar-refractivity contribution in [3.8, 4) is 6.07 Å². The molecule has 1 aromatic rings. The summed E-state index contributed by atoms with van der Waals surface area (Å²) in [6.45, 7) is 3.40. The number of benzene rings is 1. The molecule has 9 heteroatoms. The van der Waals surface area contributed by atoms with E-state index in [4.69, 9.17) is 5.11 Å². The van der Waals surface area contributed by atoms with E-state index in [2.05, 4.69) is 10.2 Å². The highest BCUT2D eigenvalue weighted by Gasteiger charge is 2.19. The van der Waals surface area contributed by atoms with Crippen LogP contribution in [0.3, 0.4) is 0 Å². The maximum absolute atomic E-state index is 12.3. The van der Waals surface area contributed by atoms with Crippen molar-refractivity contribution >= 4 is 17.3 Å². The maximum atomic E-state index is 12.3. The van der Waals surface area contributed by atoms with Crippen LogP contribution in [0.15, 0.2) is 36.0 Å². The highest BCUT2D eigenvalue weighted by Crippen LogP contribution is 2.23. The second-order valence-corrected chi connectivity index (χ2v) is 5.48. The zero-order valence-electron chi connectivity index (χ0n) is 13.6. The second-order valence-electron chi connectivity index (χ2n) is 5.48. The molecule has 1 aliphatic rings. The van der Waals surface area contributed by atoms with Crippen LogP contribution < -0.4 is 5.32 Å². The number of nitro benzene ring substituents is 1. The van der Waals surface area contributed by atoms with Crippen LogP contribution in [-0.2, 0) is 4.79 Å². The van der Waals surface area contributed by atoms with Gasteiger partial charge in [0.2, 0.25) is 0 Å². The molecule has 1 heterocycles. The maximum Gasteiger partial charge on any atom is 0.292 e. The van der Waals surface area contributed by atoms with Crippen molar-refractivity contribution in [1.29, 1.82) is 5.26 Å². The van der Waals surface area contributed by atoms with Crippen molar-refractivity contribution in [2.45, 2.75) is 0 Å². The number of hydrogen-bond donors (Lipinski definition) is 2. The third kappa shape index (κ3) is 5.00. The molecule has 9 nitrogen and oxygen atoms in total. The number of para-hydroxylation sites is 2. The summed E-state index contributed by atoms with van der Waals surface area (Å²) >= 11 is 0. The van der Waals surface area contributed by atoms with Gasteiger partial charge in [-0.2, -0.15) is 5.26 Å². The summed E-state index contributed by atoms with van der Waals surface area (Å²) in [7, 11) is 0. The summed E-state index contributed by atoms with van der Waals surface area (Å²) in [4.78, 5) is 26.6. The lowest BCUT2D eigenvalue weighted by Crippen LogP contribution is -2.45. The first-order valence-corrected chi connectivity index (χ1v) is 7.79. The molecule has 0 unspecified atom stereocenters. The number of hydrogen-bond acceptors (Lipinski definition) is 7. The zero-order valence-corrected chi connectivity index (χ0v) is 13.6. The molecule has 1 fully saturated rings. The molecule has 0 saturated carbocycles. The lowest BCUT2D eigenvalue weighted by Gasteiger charge is -2.33. The van der Waals surface area contributed by atoms with Gasteiger partial charge in [-0.15, -0.1) is 0 Å². The Balaban J connectivity index is 2.05. The molecule has 0 bridgehead atoms. The molecule has 0 aromatic heterocycles. The first-order chi connectivity index (χ1) is 12.0. The molecular formula is C16H19N5O4. The Hall–Kier alpha value is -2.96. The summed E-state index contributed by atoms with van der Waals surface area (Å²) < 4.78 is 0. The fourth-order valence-electron chi connectivity index (χ4n) is 2.51. The first-order valence-electron chi connectivity index (χ1n) is 7.79. The monoisotopic (exact) mass is 345 g/mol. The summed E-state index contributed by atoms with van der Waals surface area (Å²) in [5.74, 6) is -0.686. The van der Waals surface area contributed by atoms with Gasteiger partial charge in [-0.3, -0.25) is 19.8 Å². The van der Waals surface area contributed by atoms with Gasteiger partial charge in [0.1, 0.15) is 17.3 Å². The van der Waals surface area contributed by atoms with Crippen molar-refractivity contribution in [2.75, 3.05) is 44.6 Å². The molecule has 2 rings (SSSR count). The number of nitriles is 1. The SMILES string of the molecule is N#C/C(=C/N1CCN(CCO)CC1)C(=O)Nc1ccccc1[N+](=O)[O-].